The van der Waals surface area contributed by atoms with Crippen molar-refractivity contribution in [1.82, 2.24) is 5.32 Å². The molecular weight excluding hydrogens is 677 g/mol. The van der Waals surface area contributed by atoms with Crippen LogP contribution in [0.2, 0.25) is 0 Å². The summed E-state index contributed by atoms with van der Waals surface area (Å²) in [5, 5.41) is 93.8. The molecule has 3 aliphatic rings. The number of carbonyl (C=O) groups excluding carboxylic acids is 2. The van der Waals surface area contributed by atoms with Crippen molar-refractivity contribution in [1.29, 1.82) is 0 Å². The van der Waals surface area contributed by atoms with Crippen LogP contribution in [0.15, 0.2) is 0 Å². The number of rotatable bonds is 20. The summed E-state index contributed by atoms with van der Waals surface area (Å²) in [5.74, 6) is -0.0429. The molecule has 292 valence electrons. The van der Waals surface area contributed by atoms with Crippen molar-refractivity contribution < 1.29 is 88.4 Å². The monoisotopic (exact) mass is 731 g/mol. The SMILES string of the molecule is CCNC(=O)CCCCCCC(=O)CCCO[C@@H]1O[C@H](CO[C@H]2O[C@H](CO)[C@@H](O)[C@H](O)[C@@H]2O)[C@@H](O)[C@H](O[C@H]2O[C@H](CO)[C@@H](O)[C@H](O)[C@@H]2O)[C@H]1F. The lowest BCUT2D eigenvalue weighted by atomic mass is 9.97. The second kappa shape index (κ2) is 21.2. The largest absolute Gasteiger partial charge is 0.394 e. The molecular formula is C31H54FNO17. The van der Waals surface area contributed by atoms with E-state index in [4.69, 9.17) is 28.4 Å². The van der Waals surface area contributed by atoms with Gasteiger partial charge in [-0.05, 0) is 26.2 Å². The van der Waals surface area contributed by atoms with Crippen LogP contribution in [-0.2, 0) is 38.0 Å². The Morgan fingerprint density at radius 1 is 0.640 bits per heavy atom. The Balaban J connectivity index is 1.58. The van der Waals surface area contributed by atoms with Gasteiger partial charge in [0.15, 0.2) is 25.0 Å². The van der Waals surface area contributed by atoms with Gasteiger partial charge in [-0.3, -0.25) is 9.59 Å². The van der Waals surface area contributed by atoms with Gasteiger partial charge in [0.1, 0.15) is 72.9 Å². The first-order chi connectivity index (χ1) is 23.8. The van der Waals surface area contributed by atoms with E-state index in [-0.39, 0.29) is 31.1 Å². The third-order valence-corrected chi connectivity index (χ3v) is 8.88. The molecule has 50 heavy (non-hydrogen) atoms. The molecule has 3 heterocycles. The van der Waals surface area contributed by atoms with E-state index in [1.165, 1.54) is 0 Å². The maximum Gasteiger partial charge on any atom is 0.219 e. The molecule has 3 fully saturated rings. The van der Waals surface area contributed by atoms with Crippen LogP contribution < -0.4 is 5.32 Å². The van der Waals surface area contributed by atoms with E-state index >= 15 is 4.39 Å². The van der Waals surface area contributed by atoms with Crippen molar-refractivity contribution in [2.45, 2.75) is 150 Å². The van der Waals surface area contributed by atoms with Crippen molar-refractivity contribution in [2.24, 2.45) is 0 Å². The normalized spacial score (nSPS) is 39.3. The summed E-state index contributed by atoms with van der Waals surface area (Å²) in [6.07, 6.45) is -22.1. The molecule has 0 spiro atoms. The van der Waals surface area contributed by atoms with Gasteiger partial charge in [-0.2, -0.15) is 0 Å². The van der Waals surface area contributed by atoms with Crippen LogP contribution in [0.4, 0.5) is 4.39 Å². The zero-order chi connectivity index (χ0) is 37.0. The van der Waals surface area contributed by atoms with E-state index in [1.54, 1.807) is 0 Å². The Hall–Kier alpha value is -1.53. The number of aliphatic hydroxyl groups excluding tert-OH is 9. The molecule has 0 aromatic heterocycles. The molecule has 19 heteroatoms. The van der Waals surface area contributed by atoms with Crippen LogP contribution >= 0.6 is 0 Å². The molecule has 3 rings (SSSR count). The van der Waals surface area contributed by atoms with Crippen LogP contribution in [0.3, 0.4) is 0 Å². The Morgan fingerprint density at radius 3 is 1.78 bits per heavy atom. The van der Waals surface area contributed by atoms with Crippen molar-refractivity contribution in [2.75, 3.05) is 33.0 Å². The van der Waals surface area contributed by atoms with Gasteiger partial charge in [-0.1, -0.05) is 12.8 Å². The number of halogens is 1. The number of hydrogen-bond donors (Lipinski definition) is 10. The van der Waals surface area contributed by atoms with Crippen LogP contribution in [0.1, 0.15) is 58.3 Å². The van der Waals surface area contributed by atoms with Crippen LogP contribution in [0.5, 0.6) is 0 Å². The number of nitrogens with one attached hydrogen (secondary N) is 1. The Morgan fingerprint density at radius 2 is 1.18 bits per heavy atom. The Labute approximate surface area is 289 Å². The maximum absolute atomic E-state index is 15.8. The molecule has 3 aliphatic heterocycles. The molecule has 3 saturated heterocycles. The molecule has 0 radical (unpaired) electrons. The van der Waals surface area contributed by atoms with Gasteiger partial charge < -0.3 is 79.7 Å². The molecule has 10 N–H and O–H groups in total. The summed E-state index contributed by atoms with van der Waals surface area (Å²) in [6.45, 7) is 0.0921. The zero-order valence-electron chi connectivity index (χ0n) is 28.0. The lowest BCUT2D eigenvalue weighted by Crippen LogP contribution is -2.64. The van der Waals surface area contributed by atoms with Gasteiger partial charge in [0.2, 0.25) is 5.91 Å². The van der Waals surface area contributed by atoms with Gasteiger partial charge in [0.25, 0.3) is 0 Å². The number of Topliss-reactive ketones (excluding diaryl/α,β-unsaturated/α-hetero) is 1. The molecule has 15 atom stereocenters. The third-order valence-electron chi connectivity index (χ3n) is 8.88. The van der Waals surface area contributed by atoms with Gasteiger partial charge in [0, 0.05) is 25.8 Å². The number of carbonyl (C=O) groups is 2. The van der Waals surface area contributed by atoms with Crippen LogP contribution in [-0.4, -0.2) is 183 Å². The minimum absolute atomic E-state index is 0.00466. The molecule has 0 aliphatic carbocycles. The predicted molar refractivity (Wildman–Crippen MR) is 165 cm³/mol. The summed E-state index contributed by atoms with van der Waals surface area (Å²) in [4.78, 5) is 23.9. The summed E-state index contributed by atoms with van der Waals surface area (Å²) in [7, 11) is 0. The first kappa shape index (κ1) is 42.9. The summed E-state index contributed by atoms with van der Waals surface area (Å²) >= 11 is 0. The summed E-state index contributed by atoms with van der Waals surface area (Å²) in [5.41, 5.74) is 0. The van der Waals surface area contributed by atoms with E-state index in [9.17, 15) is 55.5 Å². The topological polar surface area (TPSA) is 284 Å². The number of amides is 1. The number of unbranched alkanes of at least 4 members (excludes halogenated alkanes) is 3. The minimum Gasteiger partial charge on any atom is -0.394 e. The first-order valence-electron chi connectivity index (χ1n) is 17.1. The second-order valence-electron chi connectivity index (χ2n) is 12.7. The highest BCUT2D eigenvalue weighted by atomic mass is 19.1. The molecule has 0 saturated carbocycles. The highest BCUT2D eigenvalue weighted by molar-refractivity contribution is 5.78. The fourth-order valence-corrected chi connectivity index (χ4v) is 5.88. The quantitative estimate of drug-likeness (QED) is 0.0539. The van der Waals surface area contributed by atoms with E-state index in [2.05, 4.69) is 5.32 Å². The highest BCUT2D eigenvalue weighted by Gasteiger charge is 2.52. The third kappa shape index (κ3) is 11.7. The van der Waals surface area contributed by atoms with E-state index in [1.807, 2.05) is 6.92 Å². The van der Waals surface area contributed by atoms with Crippen molar-refractivity contribution in [3.63, 3.8) is 0 Å². The lowest BCUT2D eigenvalue weighted by molar-refractivity contribution is -0.359. The number of ether oxygens (including phenoxy) is 6. The van der Waals surface area contributed by atoms with Gasteiger partial charge in [-0.15, -0.1) is 0 Å². The first-order valence-corrected chi connectivity index (χ1v) is 17.1. The Kier molecular flexibility index (Phi) is 18.2. The zero-order valence-corrected chi connectivity index (χ0v) is 28.0. The molecule has 18 nitrogen and oxygen atoms in total. The molecule has 0 aromatic rings. The van der Waals surface area contributed by atoms with Crippen molar-refractivity contribution >= 4 is 11.7 Å². The average molecular weight is 732 g/mol. The average Bonchev–Trinajstić information content (AvgIpc) is 3.10. The van der Waals surface area contributed by atoms with Crippen LogP contribution in [0, 0.1) is 0 Å². The van der Waals surface area contributed by atoms with Gasteiger partial charge in [-0.25, -0.2) is 4.39 Å². The predicted octanol–water partition coefficient (Wildman–Crippen LogP) is -3.75. The number of ketones is 1. The molecule has 0 unspecified atom stereocenters. The summed E-state index contributed by atoms with van der Waals surface area (Å²) in [6, 6.07) is 0. The highest BCUT2D eigenvalue weighted by Crippen LogP contribution is 2.32. The number of alkyl halides is 1. The molecule has 0 aromatic carbocycles. The smallest absolute Gasteiger partial charge is 0.219 e. The summed E-state index contributed by atoms with van der Waals surface area (Å²) < 4.78 is 48.7. The molecule has 1 amide bonds. The Bertz CT molecular complexity index is 1010. The number of hydrogen-bond acceptors (Lipinski definition) is 17. The fraction of sp³-hybridized carbons (Fsp3) is 0.935. The van der Waals surface area contributed by atoms with Gasteiger partial charge >= 0.3 is 0 Å². The van der Waals surface area contributed by atoms with Gasteiger partial charge in [0.05, 0.1) is 26.4 Å². The fourth-order valence-electron chi connectivity index (χ4n) is 5.88. The van der Waals surface area contributed by atoms with E-state index in [0.29, 0.717) is 25.8 Å². The van der Waals surface area contributed by atoms with Crippen molar-refractivity contribution in [3.8, 4) is 0 Å². The standard InChI is InChI=1S/C31H54FNO17/c1-2-33-19(37)10-6-4-3-5-8-15(36)9-7-11-45-29-20(32)28(50-31-27(44)25(42)22(39)17(13-35)48-31)23(40)18(49-29)14-46-30-26(43)24(41)21(38)16(12-34)47-30/h16-18,20-31,34-35,38-44H,2-14H2,1H3,(H,33,37)/t16-,17-,18-,20-,21-,22-,23-,24+,25+,26+,27+,28-,29-,30+,31-/m1/s1. The molecule has 0 bridgehead atoms. The lowest BCUT2D eigenvalue weighted by Gasteiger charge is -2.46. The maximum atomic E-state index is 15.8. The van der Waals surface area contributed by atoms with E-state index < -0.39 is 112 Å². The number of aliphatic hydroxyl groups is 9. The van der Waals surface area contributed by atoms with Crippen molar-refractivity contribution in [3.05, 3.63) is 0 Å². The minimum atomic E-state index is -2.25. The van der Waals surface area contributed by atoms with E-state index in [0.717, 1.165) is 19.3 Å². The second-order valence-corrected chi connectivity index (χ2v) is 12.7. The van der Waals surface area contributed by atoms with Crippen LogP contribution in [0.25, 0.3) is 0 Å².